The molecule has 0 spiro atoms. The molecule has 0 saturated carbocycles. The lowest BCUT2D eigenvalue weighted by Gasteiger charge is -2.21. The van der Waals surface area contributed by atoms with Crippen LogP contribution in [0.15, 0.2) is 24.3 Å². The maximum Gasteiger partial charge on any atom is 0.237 e. The number of hydrogen-bond acceptors (Lipinski definition) is 3. The van der Waals surface area contributed by atoms with Crippen molar-refractivity contribution in [2.75, 3.05) is 13.1 Å². The Labute approximate surface area is 130 Å². The van der Waals surface area contributed by atoms with Crippen molar-refractivity contribution in [1.82, 2.24) is 4.90 Å². The van der Waals surface area contributed by atoms with Crippen LogP contribution in [0.5, 0.6) is 0 Å². The van der Waals surface area contributed by atoms with Gasteiger partial charge in [0, 0.05) is 12.1 Å². The minimum absolute atomic E-state index is 0.0379. The van der Waals surface area contributed by atoms with Crippen molar-refractivity contribution < 1.29 is 9.59 Å². The molecule has 0 aliphatic rings. The Morgan fingerprint density at radius 1 is 1.19 bits per heavy atom. The third-order valence-electron chi connectivity index (χ3n) is 3.07. The van der Waals surface area contributed by atoms with Gasteiger partial charge in [-0.05, 0) is 12.0 Å². The molecule has 1 aromatic rings. The second-order valence-corrected chi connectivity index (χ2v) is 5.31. The SMILES string of the molecule is CCCCN(CC(N)=O)C(=O)Cc1ccc(C(N)=S)cc1. The second kappa shape index (κ2) is 8.36. The van der Waals surface area contributed by atoms with Gasteiger partial charge in [0.15, 0.2) is 0 Å². The smallest absolute Gasteiger partial charge is 0.237 e. The first-order valence-corrected chi connectivity index (χ1v) is 7.29. The number of nitrogens with zero attached hydrogens (tertiary/aromatic N) is 1. The molecule has 0 atom stereocenters. The Hall–Kier alpha value is -1.95. The lowest BCUT2D eigenvalue weighted by atomic mass is 10.1. The van der Waals surface area contributed by atoms with E-state index in [1.807, 2.05) is 19.1 Å². The first-order valence-electron chi connectivity index (χ1n) is 6.88. The summed E-state index contributed by atoms with van der Waals surface area (Å²) in [4.78, 5) is 25.1. The van der Waals surface area contributed by atoms with Crippen LogP contribution >= 0.6 is 12.2 Å². The number of carbonyl (C=O) groups excluding carboxylic acids is 2. The fourth-order valence-electron chi connectivity index (χ4n) is 1.90. The number of hydrogen-bond donors (Lipinski definition) is 2. The molecule has 1 aromatic carbocycles. The molecule has 0 aliphatic carbocycles. The van der Waals surface area contributed by atoms with Crippen molar-refractivity contribution in [3.63, 3.8) is 0 Å². The van der Waals surface area contributed by atoms with Crippen LogP contribution < -0.4 is 11.5 Å². The third-order valence-corrected chi connectivity index (χ3v) is 3.31. The quantitative estimate of drug-likeness (QED) is 0.701. The summed E-state index contributed by atoms with van der Waals surface area (Å²) in [6.07, 6.45) is 2.03. The van der Waals surface area contributed by atoms with Crippen molar-refractivity contribution in [1.29, 1.82) is 0 Å². The Morgan fingerprint density at radius 3 is 2.29 bits per heavy atom. The summed E-state index contributed by atoms with van der Waals surface area (Å²) in [5.41, 5.74) is 12.3. The van der Waals surface area contributed by atoms with Gasteiger partial charge in [-0.25, -0.2) is 0 Å². The highest BCUT2D eigenvalue weighted by Gasteiger charge is 2.15. The lowest BCUT2D eigenvalue weighted by molar-refractivity contribution is -0.134. The van der Waals surface area contributed by atoms with Gasteiger partial charge in [0.25, 0.3) is 0 Å². The van der Waals surface area contributed by atoms with Crippen LogP contribution in [-0.2, 0) is 16.0 Å². The standard InChI is InChI=1S/C15H21N3O2S/c1-2-3-8-18(10-13(16)19)14(20)9-11-4-6-12(7-5-11)15(17)21/h4-7H,2-3,8-10H2,1H3,(H2,16,19)(H2,17,21). The van der Waals surface area contributed by atoms with E-state index in [4.69, 9.17) is 23.7 Å². The molecule has 114 valence electrons. The average molecular weight is 307 g/mol. The van der Waals surface area contributed by atoms with Gasteiger partial charge in [-0.3, -0.25) is 9.59 Å². The van der Waals surface area contributed by atoms with Crippen LogP contribution in [0.25, 0.3) is 0 Å². The number of amides is 2. The maximum atomic E-state index is 12.2. The van der Waals surface area contributed by atoms with Gasteiger partial charge in [-0.1, -0.05) is 49.8 Å². The van der Waals surface area contributed by atoms with Gasteiger partial charge in [0.05, 0.1) is 13.0 Å². The largest absolute Gasteiger partial charge is 0.389 e. The third kappa shape index (κ3) is 5.91. The molecule has 6 heteroatoms. The van der Waals surface area contributed by atoms with E-state index in [2.05, 4.69) is 0 Å². The number of primary amides is 1. The molecule has 0 bridgehead atoms. The van der Waals surface area contributed by atoms with Crippen LogP contribution in [0, 0.1) is 0 Å². The predicted octanol–water partition coefficient (Wildman–Crippen LogP) is 0.977. The molecule has 0 heterocycles. The molecule has 5 nitrogen and oxygen atoms in total. The summed E-state index contributed by atoms with van der Waals surface area (Å²) < 4.78 is 0. The van der Waals surface area contributed by atoms with Crippen LogP contribution in [0.1, 0.15) is 30.9 Å². The van der Waals surface area contributed by atoms with Gasteiger partial charge in [0.2, 0.25) is 11.8 Å². The van der Waals surface area contributed by atoms with Crippen LogP contribution in [-0.4, -0.2) is 34.8 Å². The van der Waals surface area contributed by atoms with E-state index >= 15 is 0 Å². The Kier molecular flexibility index (Phi) is 6.81. The first-order chi connectivity index (χ1) is 9.93. The van der Waals surface area contributed by atoms with Crippen LogP contribution in [0.2, 0.25) is 0 Å². The maximum absolute atomic E-state index is 12.2. The Balaban J connectivity index is 2.70. The minimum Gasteiger partial charge on any atom is -0.389 e. The average Bonchev–Trinajstić information content (AvgIpc) is 2.43. The van der Waals surface area contributed by atoms with Gasteiger partial charge in [-0.15, -0.1) is 0 Å². The molecule has 0 saturated heterocycles. The molecule has 2 amide bonds. The van der Waals surface area contributed by atoms with Crippen LogP contribution in [0.4, 0.5) is 0 Å². The first kappa shape index (κ1) is 17.1. The summed E-state index contributed by atoms with van der Waals surface area (Å²) in [7, 11) is 0. The van der Waals surface area contributed by atoms with Gasteiger partial charge in [-0.2, -0.15) is 0 Å². The second-order valence-electron chi connectivity index (χ2n) is 4.87. The van der Waals surface area contributed by atoms with Crippen LogP contribution in [0.3, 0.4) is 0 Å². The number of rotatable bonds is 8. The van der Waals surface area contributed by atoms with E-state index in [9.17, 15) is 9.59 Å². The molecule has 0 unspecified atom stereocenters. The number of carbonyl (C=O) groups is 2. The van der Waals surface area contributed by atoms with Crippen molar-refractivity contribution in [2.24, 2.45) is 11.5 Å². The highest BCUT2D eigenvalue weighted by Crippen LogP contribution is 2.07. The molecule has 0 radical (unpaired) electrons. The zero-order chi connectivity index (χ0) is 15.8. The normalized spacial score (nSPS) is 10.1. The Bertz CT molecular complexity index is 514. The van der Waals surface area contributed by atoms with Crippen molar-refractivity contribution in [3.8, 4) is 0 Å². The van der Waals surface area contributed by atoms with Crippen molar-refractivity contribution >= 4 is 29.0 Å². The summed E-state index contributed by atoms with van der Waals surface area (Å²) in [5, 5.41) is 0. The number of unbranched alkanes of at least 4 members (excludes halogenated alkanes) is 1. The molecule has 0 fully saturated rings. The zero-order valence-corrected chi connectivity index (χ0v) is 13.0. The van der Waals surface area contributed by atoms with Gasteiger partial charge in [0.1, 0.15) is 4.99 Å². The monoisotopic (exact) mass is 307 g/mol. The van der Waals surface area contributed by atoms with E-state index in [-0.39, 0.29) is 18.9 Å². The topological polar surface area (TPSA) is 89.4 Å². The highest BCUT2D eigenvalue weighted by atomic mass is 32.1. The van der Waals surface area contributed by atoms with Crippen molar-refractivity contribution in [3.05, 3.63) is 35.4 Å². The fraction of sp³-hybridized carbons (Fsp3) is 0.400. The molecule has 0 aromatic heterocycles. The number of benzene rings is 1. The highest BCUT2D eigenvalue weighted by molar-refractivity contribution is 7.80. The number of nitrogens with two attached hydrogens (primary N) is 2. The minimum atomic E-state index is -0.497. The van der Waals surface area contributed by atoms with E-state index in [0.29, 0.717) is 11.5 Å². The molecule has 1 rings (SSSR count). The summed E-state index contributed by atoms with van der Waals surface area (Å²) in [6, 6.07) is 7.20. The van der Waals surface area contributed by atoms with E-state index < -0.39 is 5.91 Å². The zero-order valence-electron chi connectivity index (χ0n) is 12.2. The predicted molar refractivity (Wildman–Crippen MR) is 86.7 cm³/mol. The summed E-state index contributed by atoms with van der Waals surface area (Å²) in [5.74, 6) is -0.603. The van der Waals surface area contributed by atoms with Gasteiger partial charge < -0.3 is 16.4 Å². The summed E-state index contributed by atoms with van der Waals surface area (Å²) >= 11 is 4.88. The van der Waals surface area contributed by atoms with E-state index in [1.165, 1.54) is 4.90 Å². The molecule has 4 N–H and O–H groups in total. The fourth-order valence-corrected chi connectivity index (χ4v) is 2.04. The van der Waals surface area contributed by atoms with E-state index in [1.54, 1.807) is 12.1 Å². The van der Waals surface area contributed by atoms with Gasteiger partial charge >= 0.3 is 0 Å². The Morgan fingerprint density at radius 2 is 1.81 bits per heavy atom. The van der Waals surface area contributed by atoms with E-state index in [0.717, 1.165) is 24.0 Å². The molecular weight excluding hydrogens is 286 g/mol. The van der Waals surface area contributed by atoms with Crippen molar-refractivity contribution in [2.45, 2.75) is 26.2 Å². The molecule has 21 heavy (non-hydrogen) atoms. The lowest BCUT2D eigenvalue weighted by Crippen LogP contribution is -2.39. The molecule has 0 aliphatic heterocycles. The number of thiocarbonyl (C=S) groups is 1. The summed E-state index contributed by atoms with van der Waals surface area (Å²) in [6.45, 7) is 2.54. The molecular formula is C15H21N3O2S.